The van der Waals surface area contributed by atoms with Gasteiger partial charge in [0.15, 0.2) is 0 Å². The highest BCUT2D eigenvalue weighted by molar-refractivity contribution is 6.30. The Kier molecular flexibility index (Phi) is 9.55. The largest absolute Gasteiger partial charge is 0.465 e. The minimum Gasteiger partial charge on any atom is -0.465 e. The van der Waals surface area contributed by atoms with E-state index in [4.69, 9.17) is 16.3 Å². The van der Waals surface area contributed by atoms with Crippen LogP contribution in [-0.4, -0.2) is 51.2 Å². The molecule has 3 aromatic carbocycles. The smallest absolute Gasteiger partial charge is 0.323 e. The number of aromatic amines is 1. The van der Waals surface area contributed by atoms with Gasteiger partial charge in [0, 0.05) is 5.02 Å². The fourth-order valence-electron chi connectivity index (χ4n) is 4.09. The minimum absolute atomic E-state index is 0.0510. The van der Waals surface area contributed by atoms with Gasteiger partial charge in [-0.3, -0.25) is 20.2 Å². The Labute approximate surface area is 226 Å². The number of aryl methyl sites for hydroxylation is 1. The minimum atomic E-state index is -0.768. The van der Waals surface area contributed by atoms with E-state index < -0.39 is 18.1 Å². The fourth-order valence-corrected chi connectivity index (χ4v) is 4.28. The molecule has 1 amide bonds. The molecular weight excluding hydrogens is 504 g/mol. The van der Waals surface area contributed by atoms with E-state index in [0.29, 0.717) is 24.3 Å². The molecule has 0 spiro atoms. The Hall–Kier alpha value is -4.08. The van der Waals surface area contributed by atoms with E-state index in [0.717, 1.165) is 22.3 Å². The standard InChI is InChI=1S/C28H29ClN6O3/c1-2-38-27(37)24(16-13-19-7-4-3-5-8-19)30-25(26(36)31-28-32-34-35-33-28)17-20-11-14-21(15-12-20)22-9-6-10-23(29)18-22/h3-12,14-15,18,24-25,30H,2,13,16-17H2,1H3,(H2,31,32,33,34,35,36)/t24-,25-/m0/s1. The molecule has 0 fully saturated rings. The molecule has 196 valence electrons. The monoisotopic (exact) mass is 532 g/mol. The zero-order chi connectivity index (χ0) is 26.7. The molecule has 1 heterocycles. The van der Waals surface area contributed by atoms with E-state index in [2.05, 4.69) is 31.3 Å². The average Bonchev–Trinajstić information content (AvgIpc) is 3.44. The third-order valence-corrected chi connectivity index (χ3v) is 6.22. The van der Waals surface area contributed by atoms with Crippen LogP contribution in [0.3, 0.4) is 0 Å². The highest BCUT2D eigenvalue weighted by Crippen LogP contribution is 2.23. The number of aromatic nitrogens is 4. The molecule has 10 heteroatoms. The summed E-state index contributed by atoms with van der Waals surface area (Å²) in [5.74, 6) is -0.744. The average molecular weight is 533 g/mol. The number of carbonyl (C=O) groups excluding carboxylic acids is 2. The lowest BCUT2D eigenvalue weighted by Gasteiger charge is -2.24. The number of ether oxygens (including phenoxy) is 1. The Morgan fingerprint density at radius 2 is 1.74 bits per heavy atom. The van der Waals surface area contributed by atoms with E-state index in [9.17, 15) is 9.59 Å². The van der Waals surface area contributed by atoms with Crippen molar-refractivity contribution in [3.63, 3.8) is 0 Å². The molecule has 2 atom stereocenters. The lowest BCUT2D eigenvalue weighted by Crippen LogP contribution is -2.51. The van der Waals surface area contributed by atoms with Crippen molar-refractivity contribution in [1.82, 2.24) is 25.9 Å². The number of benzene rings is 3. The van der Waals surface area contributed by atoms with Crippen molar-refractivity contribution < 1.29 is 14.3 Å². The summed E-state index contributed by atoms with van der Waals surface area (Å²) in [7, 11) is 0. The van der Waals surface area contributed by atoms with Crippen LogP contribution in [-0.2, 0) is 27.2 Å². The van der Waals surface area contributed by atoms with Crippen LogP contribution < -0.4 is 10.6 Å². The van der Waals surface area contributed by atoms with Gasteiger partial charge in [-0.1, -0.05) is 83.4 Å². The topological polar surface area (TPSA) is 122 Å². The van der Waals surface area contributed by atoms with Crippen LogP contribution in [0.1, 0.15) is 24.5 Å². The van der Waals surface area contributed by atoms with Crippen LogP contribution in [0.15, 0.2) is 78.9 Å². The summed E-state index contributed by atoms with van der Waals surface area (Å²) < 4.78 is 5.32. The number of anilines is 1. The first kappa shape index (κ1) is 27.0. The van der Waals surface area contributed by atoms with Crippen molar-refractivity contribution in [2.24, 2.45) is 0 Å². The number of tetrazole rings is 1. The van der Waals surface area contributed by atoms with Crippen LogP contribution in [0.5, 0.6) is 0 Å². The van der Waals surface area contributed by atoms with Gasteiger partial charge in [-0.05, 0) is 65.8 Å². The van der Waals surface area contributed by atoms with Gasteiger partial charge in [-0.2, -0.15) is 5.21 Å². The molecule has 0 aliphatic carbocycles. The van der Waals surface area contributed by atoms with Gasteiger partial charge in [-0.15, -0.1) is 5.10 Å². The summed E-state index contributed by atoms with van der Waals surface area (Å²) in [5.41, 5.74) is 4.00. The van der Waals surface area contributed by atoms with Crippen molar-refractivity contribution in [3.05, 3.63) is 95.0 Å². The molecule has 0 saturated carbocycles. The zero-order valence-corrected chi connectivity index (χ0v) is 21.7. The van der Waals surface area contributed by atoms with Gasteiger partial charge in [-0.25, -0.2) is 0 Å². The number of rotatable bonds is 12. The number of H-pyrrole nitrogens is 1. The second-order valence-corrected chi connectivity index (χ2v) is 9.12. The number of halogens is 1. The summed E-state index contributed by atoms with van der Waals surface area (Å²) in [6.07, 6.45) is 1.42. The Morgan fingerprint density at radius 1 is 0.947 bits per heavy atom. The molecule has 1 aromatic heterocycles. The highest BCUT2D eigenvalue weighted by Gasteiger charge is 2.28. The van der Waals surface area contributed by atoms with Crippen LogP contribution in [0.25, 0.3) is 11.1 Å². The molecule has 38 heavy (non-hydrogen) atoms. The van der Waals surface area contributed by atoms with Crippen molar-refractivity contribution in [2.75, 3.05) is 11.9 Å². The maximum atomic E-state index is 13.3. The summed E-state index contributed by atoms with van der Waals surface area (Å²) in [6.45, 7) is 2.00. The molecule has 9 nitrogen and oxygen atoms in total. The van der Waals surface area contributed by atoms with Crippen molar-refractivity contribution in [2.45, 2.75) is 38.3 Å². The van der Waals surface area contributed by atoms with Crippen LogP contribution >= 0.6 is 11.6 Å². The summed E-state index contributed by atoms with van der Waals surface area (Å²) in [5, 5.41) is 20.0. The maximum Gasteiger partial charge on any atom is 0.323 e. The Balaban J connectivity index is 1.53. The molecule has 3 N–H and O–H groups in total. The first-order chi connectivity index (χ1) is 18.5. The second kappa shape index (κ2) is 13.5. The normalized spacial score (nSPS) is 12.5. The summed E-state index contributed by atoms with van der Waals surface area (Å²) in [6, 6.07) is 23.9. The van der Waals surface area contributed by atoms with Crippen LogP contribution in [0.2, 0.25) is 5.02 Å². The number of nitrogens with zero attached hydrogens (tertiary/aromatic N) is 3. The van der Waals surface area contributed by atoms with Crippen molar-refractivity contribution >= 4 is 29.4 Å². The summed E-state index contributed by atoms with van der Waals surface area (Å²) >= 11 is 6.14. The lowest BCUT2D eigenvalue weighted by atomic mass is 9.99. The van der Waals surface area contributed by atoms with Gasteiger partial charge in [0.05, 0.1) is 12.6 Å². The molecule has 0 unspecified atom stereocenters. The Bertz CT molecular complexity index is 1320. The van der Waals surface area contributed by atoms with Crippen LogP contribution in [0, 0.1) is 0 Å². The lowest BCUT2D eigenvalue weighted by molar-refractivity contribution is -0.146. The van der Waals surface area contributed by atoms with Crippen molar-refractivity contribution in [1.29, 1.82) is 0 Å². The van der Waals surface area contributed by atoms with Gasteiger partial charge >= 0.3 is 5.97 Å². The van der Waals surface area contributed by atoms with Crippen molar-refractivity contribution in [3.8, 4) is 11.1 Å². The Morgan fingerprint density at radius 3 is 2.42 bits per heavy atom. The van der Waals surface area contributed by atoms with Gasteiger partial charge in [0.1, 0.15) is 6.04 Å². The molecule has 0 radical (unpaired) electrons. The molecule has 4 aromatic rings. The number of esters is 1. The molecule has 0 bridgehead atoms. The quantitative estimate of drug-likeness (QED) is 0.233. The third kappa shape index (κ3) is 7.71. The molecule has 0 saturated heterocycles. The number of carbonyl (C=O) groups is 2. The predicted octanol–water partition coefficient (Wildman–Crippen LogP) is 4.22. The number of hydrogen-bond donors (Lipinski definition) is 3. The predicted molar refractivity (Wildman–Crippen MR) is 146 cm³/mol. The molecule has 0 aliphatic rings. The van der Waals surface area contributed by atoms with Crippen LogP contribution in [0.4, 0.5) is 5.95 Å². The SMILES string of the molecule is CCOC(=O)[C@H](CCc1ccccc1)N[C@@H](Cc1ccc(-c2cccc(Cl)c2)cc1)C(=O)Nc1nn[nH]n1. The number of nitrogens with one attached hydrogen (secondary N) is 3. The zero-order valence-electron chi connectivity index (χ0n) is 20.9. The molecule has 0 aliphatic heterocycles. The van der Waals surface area contributed by atoms with Gasteiger partial charge < -0.3 is 4.74 Å². The number of hydrogen-bond acceptors (Lipinski definition) is 7. The highest BCUT2D eigenvalue weighted by atomic mass is 35.5. The molecular formula is C28H29ClN6O3. The van der Waals surface area contributed by atoms with E-state index in [1.165, 1.54) is 0 Å². The molecule has 4 rings (SSSR count). The van der Waals surface area contributed by atoms with Gasteiger partial charge in [0.2, 0.25) is 5.91 Å². The summed E-state index contributed by atoms with van der Waals surface area (Å²) in [4.78, 5) is 26.1. The van der Waals surface area contributed by atoms with E-state index in [-0.39, 0.29) is 18.5 Å². The first-order valence-electron chi connectivity index (χ1n) is 12.4. The van der Waals surface area contributed by atoms with Gasteiger partial charge in [0.25, 0.3) is 5.95 Å². The van der Waals surface area contributed by atoms with E-state index in [1.54, 1.807) is 6.92 Å². The second-order valence-electron chi connectivity index (χ2n) is 8.68. The maximum absolute atomic E-state index is 13.3. The van der Waals surface area contributed by atoms with E-state index >= 15 is 0 Å². The first-order valence-corrected chi connectivity index (χ1v) is 12.8. The third-order valence-electron chi connectivity index (χ3n) is 5.99. The van der Waals surface area contributed by atoms with E-state index in [1.807, 2.05) is 78.9 Å². The number of amides is 1. The fraction of sp³-hybridized carbons (Fsp3) is 0.250.